The predicted molar refractivity (Wildman–Crippen MR) is 154 cm³/mol. The van der Waals surface area contributed by atoms with E-state index in [1.54, 1.807) is 31.3 Å². The van der Waals surface area contributed by atoms with Crippen LogP contribution in [0.3, 0.4) is 0 Å². The number of rotatable bonds is 16. The first-order valence-electron chi connectivity index (χ1n) is 13.2. The number of nitrogens with one attached hydrogen (secondary N) is 4. The minimum absolute atomic E-state index is 0.0113. The summed E-state index contributed by atoms with van der Waals surface area (Å²) >= 11 is 0. The monoisotopic (exact) mass is 540 g/mol. The van der Waals surface area contributed by atoms with E-state index in [-0.39, 0.29) is 37.4 Å². The van der Waals surface area contributed by atoms with Crippen LogP contribution in [0.15, 0.2) is 24.3 Å². The van der Waals surface area contributed by atoms with Crippen molar-refractivity contribution in [1.29, 1.82) is 0 Å². The molecule has 1 unspecified atom stereocenters. The lowest BCUT2D eigenvalue weighted by molar-refractivity contribution is -0.122. The van der Waals surface area contributed by atoms with Crippen LogP contribution in [0, 0.1) is 0 Å². The molecular weight excluding hydrogens is 488 g/mol. The molecule has 0 aliphatic rings. The van der Waals surface area contributed by atoms with Crippen LogP contribution in [0.5, 0.6) is 0 Å². The van der Waals surface area contributed by atoms with Crippen LogP contribution in [-0.2, 0) is 25.8 Å². The Morgan fingerprint density at radius 3 is 2.05 bits per heavy atom. The van der Waals surface area contributed by atoms with Crippen LogP contribution in [0.2, 0.25) is 0 Å². The second kappa shape index (κ2) is 32.2. The molecule has 0 saturated heterocycles. The first kappa shape index (κ1) is 39.6. The third kappa shape index (κ3) is 27.7. The third-order valence-electron chi connectivity index (χ3n) is 4.73. The van der Waals surface area contributed by atoms with Crippen LogP contribution >= 0.6 is 0 Å². The van der Waals surface area contributed by atoms with Gasteiger partial charge in [-0.2, -0.15) is 0 Å². The molecule has 38 heavy (non-hydrogen) atoms. The maximum absolute atomic E-state index is 12.0. The molecule has 0 bridgehead atoms. The van der Waals surface area contributed by atoms with E-state index in [0.717, 1.165) is 62.9 Å². The molecule has 1 aromatic rings. The largest absolute Gasteiger partial charge is 0.392 e. The number of aliphatic hydroxyl groups excluding tert-OH is 1. The molecular formula is C27H52N6O5. The van der Waals surface area contributed by atoms with E-state index in [9.17, 15) is 14.4 Å². The Morgan fingerprint density at radius 2 is 1.58 bits per heavy atom. The minimum Gasteiger partial charge on any atom is -0.392 e. The second-order valence-corrected chi connectivity index (χ2v) is 8.20. The van der Waals surface area contributed by atoms with Gasteiger partial charge in [-0.25, -0.2) is 0 Å². The topological polar surface area (TPSA) is 189 Å². The zero-order valence-electron chi connectivity index (χ0n) is 23.8. The highest BCUT2D eigenvalue weighted by molar-refractivity contribution is 5.94. The van der Waals surface area contributed by atoms with Gasteiger partial charge in [0, 0.05) is 12.1 Å². The molecule has 0 aliphatic heterocycles. The van der Waals surface area contributed by atoms with Gasteiger partial charge in [0.25, 0.3) is 0 Å². The van der Waals surface area contributed by atoms with Gasteiger partial charge in [0.05, 0.1) is 19.2 Å². The van der Waals surface area contributed by atoms with Crippen LogP contribution in [0.1, 0.15) is 70.8 Å². The number of amides is 3. The molecule has 3 amide bonds. The molecule has 0 radical (unpaired) electrons. The first-order valence-corrected chi connectivity index (χ1v) is 13.2. The summed E-state index contributed by atoms with van der Waals surface area (Å²) in [6, 6.07) is 7.00. The maximum atomic E-state index is 12.0. The van der Waals surface area contributed by atoms with E-state index in [2.05, 4.69) is 40.8 Å². The average Bonchev–Trinajstić information content (AvgIpc) is 2.91. The third-order valence-corrected chi connectivity index (χ3v) is 4.73. The number of carbonyl (C=O) groups is 4. The van der Waals surface area contributed by atoms with Crippen LogP contribution in [0.4, 0.5) is 5.69 Å². The van der Waals surface area contributed by atoms with Gasteiger partial charge in [-0.05, 0) is 70.6 Å². The Hall–Kier alpha value is -2.86. The summed E-state index contributed by atoms with van der Waals surface area (Å²) in [5, 5.41) is 20.4. The quantitative estimate of drug-likeness (QED) is 0.121. The van der Waals surface area contributed by atoms with E-state index in [4.69, 9.17) is 15.6 Å². The van der Waals surface area contributed by atoms with Gasteiger partial charge in [-0.3, -0.25) is 14.4 Å². The lowest BCUT2D eigenvalue weighted by Gasteiger charge is -2.16. The number of anilines is 1. The van der Waals surface area contributed by atoms with Gasteiger partial charge >= 0.3 is 0 Å². The van der Waals surface area contributed by atoms with E-state index in [1.165, 1.54) is 6.42 Å². The van der Waals surface area contributed by atoms with Crippen LogP contribution in [-0.4, -0.2) is 69.4 Å². The maximum Gasteiger partial charge on any atom is 0.241 e. The fourth-order valence-electron chi connectivity index (χ4n) is 2.84. The van der Waals surface area contributed by atoms with Gasteiger partial charge in [0.15, 0.2) is 0 Å². The number of aliphatic hydroxyl groups is 1. The first-order chi connectivity index (χ1) is 18.3. The predicted octanol–water partition coefficient (Wildman–Crippen LogP) is 1.43. The van der Waals surface area contributed by atoms with Crippen molar-refractivity contribution in [1.82, 2.24) is 16.0 Å². The van der Waals surface area contributed by atoms with Gasteiger partial charge in [0.2, 0.25) is 18.2 Å². The summed E-state index contributed by atoms with van der Waals surface area (Å²) < 4.78 is 0. The summed E-state index contributed by atoms with van der Waals surface area (Å²) in [5.41, 5.74) is 11.1. The number of benzene rings is 1. The van der Waals surface area contributed by atoms with Gasteiger partial charge in [-0.1, -0.05) is 45.2 Å². The Bertz CT molecular complexity index is 689. The Kier molecular flexibility index (Phi) is 33.6. The van der Waals surface area contributed by atoms with Crippen molar-refractivity contribution in [2.24, 2.45) is 11.5 Å². The van der Waals surface area contributed by atoms with Crippen LogP contribution < -0.4 is 32.7 Å². The molecule has 9 N–H and O–H groups in total. The van der Waals surface area contributed by atoms with Gasteiger partial charge in [-0.15, -0.1) is 0 Å². The number of likely N-dealkylation sites (N-methyl/N-ethyl adjacent to an activating group) is 1. The fourth-order valence-corrected chi connectivity index (χ4v) is 2.84. The summed E-state index contributed by atoms with van der Waals surface area (Å²) in [4.78, 5) is 41.5. The molecule has 1 rings (SSSR count). The zero-order valence-corrected chi connectivity index (χ0v) is 23.8. The number of hydrogen-bond donors (Lipinski definition) is 7. The second-order valence-electron chi connectivity index (χ2n) is 8.20. The number of carbonyl (C=O) groups excluding carboxylic acids is 4. The van der Waals surface area contributed by atoms with E-state index >= 15 is 0 Å². The van der Waals surface area contributed by atoms with Crippen molar-refractivity contribution in [2.45, 2.75) is 77.9 Å². The highest BCUT2D eigenvalue weighted by atomic mass is 16.3. The molecule has 0 saturated carbocycles. The Labute approximate surface area is 228 Å². The molecule has 1 atom stereocenters. The average molecular weight is 541 g/mol. The molecule has 0 aromatic heterocycles. The van der Waals surface area contributed by atoms with E-state index in [1.807, 2.05) is 7.05 Å². The highest BCUT2D eigenvalue weighted by Crippen LogP contribution is 2.10. The standard InChI is InChI=1S/C14H23N3O2.C9H18N2O2.C3H8.CH3NO/c1-15-9-3-4-13(16-2)14(19)17-12-7-5-11(10-18)6-8-12;10-6-4-2-1-3-5-9(13)11-7-8-12;1-3-2;2-1-3/h5-8,13,15-16,18H,3-4,9-10H2,1-2H3,(H,17,19);8H,1-7,10H2,(H,11,13);3H2,1-2H3;1H,(H2,2,3). The SMILES string of the molecule is CCC.CNCCCC(NC)C(=O)Nc1ccc(CO)cc1.NC=O.NCCCCCCC(=O)NCC=O. The molecule has 1 aromatic carbocycles. The highest BCUT2D eigenvalue weighted by Gasteiger charge is 2.15. The van der Waals surface area contributed by atoms with Crippen molar-refractivity contribution >= 4 is 30.2 Å². The van der Waals surface area contributed by atoms with Gasteiger partial charge in [0.1, 0.15) is 6.29 Å². The lowest BCUT2D eigenvalue weighted by atomic mass is 10.1. The Balaban J connectivity index is -0.000000558. The summed E-state index contributed by atoms with van der Waals surface area (Å²) in [6.07, 6.45) is 8.45. The molecule has 11 heteroatoms. The van der Waals surface area contributed by atoms with Crippen molar-refractivity contribution in [3.05, 3.63) is 29.8 Å². The normalized spacial score (nSPS) is 10.2. The van der Waals surface area contributed by atoms with Crippen molar-refractivity contribution < 1.29 is 24.3 Å². The number of nitrogens with two attached hydrogens (primary N) is 2. The molecule has 11 nitrogen and oxygen atoms in total. The van der Waals surface area contributed by atoms with Gasteiger partial charge < -0.3 is 42.6 Å². The number of primary amides is 1. The van der Waals surface area contributed by atoms with Crippen molar-refractivity contribution in [3.8, 4) is 0 Å². The zero-order chi connectivity index (χ0) is 29.4. The minimum atomic E-state index is -0.189. The van der Waals surface area contributed by atoms with E-state index < -0.39 is 0 Å². The molecule has 220 valence electrons. The molecule has 0 spiro atoms. The molecule has 0 heterocycles. The number of aldehydes is 1. The van der Waals surface area contributed by atoms with Crippen molar-refractivity contribution in [3.63, 3.8) is 0 Å². The lowest BCUT2D eigenvalue weighted by Crippen LogP contribution is -2.38. The van der Waals surface area contributed by atoms with E-state index in [0.29, 0.717) is 12.7 Å². The van der Waals surface area contributed by atoms with Crippen molar-refractivity contribution in [2.75, 3.05) is 39.0 Å². The molecule has 0 fully saturated rings. The fraction of sp³-hybridized carbons (Fsp3) is 0.630. The summed E-state index contributed by atoms with van der Waals surface area (Å²) in [7, 11) is 3.69. The van der Waals surface area contributed by atoms with Crippen LogP contribution in [0.25, 0.3) is 0 Å². The number of unbranched alkanes of at least 4 members (excludes halogenated alkanes) is 3. The smallest absolute Gasteiger partial charge is 0.241 e. The summed E-state index contributed by atoms with van der Waals surface area (Å²) in [5.74, 6) is -0.0739. The summed E-state index contributed by atoms with van der Waals surface area (Å²) in [6.45, 7) is 6.01. The number of hydrogen-bond acceptors (Lipinski definition) is 8. The molecule has 0 aliphatic carbocycles. The Morgan fingerprint density at radius 1 is 1.00 bits per heavy atom.